The first-order valence-corrected chi connectivity index (χ1v) is 5.52. The van der Waals surface area contributed by atoms with Gasteiger partial charge in [0.15, 0.2) is 0 Å². The highest BCUT2D eigenvalue weighted by atomic mass is 32.1. The number of aromatic carboxylic acids is 1. The minimum atomic E-state index is -0.969. The Morgan fingerprint density at radius 2 is 1.88 bits per heavy atom. The van der Waals surface area contributed by atoms with E-state index in [4.69, 9.17) is 5.11 Å². The minimum Gasteiger partial charge on any atom is -0.477 e. The van der Waals surface area contributed by atoms with Gasteiger partial charge in [-0.2, -0.15) is 0 Å². The minimum absolute atomic E-state index is 0.0161. The molecular formula is C11H7NO4S. The number of nitro groups is 1. The van der Waals surface area contributed by atoms with Crippen molar-refractivity contribution in [3.63, 3.8) is 0 Å². The van der Waals surface area contributed by atoms with E-state index in [1.54, 1.807) is 23.6 Å². The molecule has 0 saturated carbocycles. The Bertz CT molecular complexity index is 573. The van der Waals surface area contributed by atoms with Gasteiger partial charge in [-0.05, 0) is 34.7 Å². The van der Waals surface area contributed by atoms with Crippen molar-refractivity contribution in [2.24, 2.45) is 0 Å². The maximum atomic E-state index is 10.7. The van der Waals surface area contributed by atoms with Gasteiger partial charge in [-0.25, -0.2) is 4.79 Å². The van der Waals surface area contributed by atoms with Crippen LogP contribution in [0.4, 0.5) is 5.69 Å². The first-order valence-electron chi connectivity index (χ1n) is 4.64. The van der Waals surface area contributed by atoms with Gasteiger partial charge in [0.1, 0.15) is 4.88 Å². The third kappa shape index (κ3) is 2.31. The second kappa shape index (κ2) is 4.34. The van der Waals surface area contributed by atoms with Gasteiger partial charge < -0.3 is 5.11 Å². The second-order valence-electron chi connectivity index (χ2n) is 3.31. The van der Waals surface area contributed by atoms with Crippen molar-refractivity contribution in [3.05, 3.63) is 50.7 Å². The molecule has 86 valence electrons. The fourth-order valence-electron chi connectivity index (χ4n) is 1.38. The molecule has 0 unspecified atom stereocenters. The van der Waals surface area contributed by atoms with Crippen molar-refractivity contribution in [2.75, 3.05) is 0 Å². The molecule has 0 aliphatic heterocycles. The summed E-state index contributed by atoms with van der Waals surface area (Å²) in [4.78, 5) is 21.0. The van der Waals surface area contributed by atoms with Crippen LogP contribution >= 0.6 is 11.3 Å². The van der Waals surface area contributed by atoms with Crippen LogP contribution in [0.15, 0.2) is 35.7 Å². The molecule has 17 heavy (non-hydrogen) atoms. The molecule has 2 aromatic rings. The van der Waals surface area contributed by atoms with Crippen LogP contribution in [0.3, 0.4) is 0 Å². The second-order valence-corrected chi connectivity index (χ2v) is 4.22. The summed E-state index contributed by atoms with van der Waals surface area (Å²) in [5.41, 5.74) is 1.53. The van der Waals surface area contributed by atoms with E-state index in [1.165, 1.54) is 12.1 Å². The van der Waals surface area contributed by atoms with Crippen LogP contribution in [-0.4, -0.2) is 16.0 Å². The zero-order valence-electron chi connectivity index (χ0n) is 8.49. The Balaban J connectivity index is 2.33. The fraction of sp³-hybridized carbons (Fsp3) is 0. The van der Waals surface area contributed by atoms with E-state index in [2.05, 4.69) is 0 Å². The molecule has 0 spiro atoms. The SMILES string of the molecule is O=C(O)c1cc(-c2ccc([N+](=O)[O-])cc2)cs1. The first kappa shape index (κ1) is 11.3. The van der Waals surface area contributed by atoms with E-state index < -0.39 is 10.9 Å². The van der Waals surface area contributed by atoms with Crippen LogP contribution in [0.1, 0.15) is 9.67 Å². The van der Waals surface area contributed by atoms with Crippen molar-refractivity contribution < 1.29 is 14.8 Å². The lowest BCUT2D eigenvalue weighted by atomic mass is 10.1. The van der Waals surface area contributed by atoms with E-state index in [0.29, 0.717) is 0 Å². The summed E-state index contributed by atoms with van der Waals surface area (Å²) >= 11 is 1.13. The predicted octanol–water partition coefficient (Wildman–Crippen LogP) is 3.02. The molecule has 1 aromatic carbocycles. The van der Waals surface area contributed by atoms with Crippen LogP contribution in [0.5, 0.6) is 0 Å². The van der Waals surface area contributed by atoms with Crippen LogP contribution in [0.2, 0.25) is 0 Å². The maximum Gasteiger partial charge on any atom is 0.345 e. The molecule has 0 aliphatic rings. The van der Waals surface area contributed by atoms with E-state index in [-0.39, 0.29) is 10.6 Å². The lowest BCUT2D eigenvalue weighted by molar-refractivity contribution is -0.384. The average Bonchev–Trinajstić information content (AvgIpc) is 2.78. The molecule has 6 heteroatoms. The average molecular weight is 249 g/mol. The predicted molar refractivity (Wildman–Crippen MR) is 63.4 cm³/mol. The van der Waals surface area contributed by atoms with E-state index in [1.807, 2.05) is 0 Å². The third-order valence-electron chi connectivity index (χ3n) is 2.22. The molecule has 5 nitrogen and oxygen atoms in total. The van der Waals surface area contributed by atoms with Crippen LogP contribution < -0.4 is 0 Å². The lowest BCUT2D eigenvalue weighted by Gasteiger charge is -1.96. The summed E-state index contributed by atoms with van der Waals surface area (Å²) in [6.07, 6.45) is 0. The number of carboxylic acids is 1. The van der Waals surface area contributed by atoms with Gasteiger partial charge in [0.2, 0.25) is 0 Å². The molecule has 0 fully saturated rings. The van der Waals surface area contributed by atoms with E-state index >= 15 is 0 Å². The summed E-state index contributed by atoms with van der Waals surface area (Å²) in [5.74, 6) is -0.969. The Morgan fingerprint density at radius 1 is 1.24 bits per heavy atom. The van der Waals surface area contributed by atoms with Crippen LogP contribution in [-0.2, 0) is 0 Å². The third-order valence-corrected chi connectivity index (χ3v) is 3.14. The molecule has 0 aliphatic carbocycles. The standard InChI is InChI=1S/C11H7NO4S/c13-11(14)10-5-8(6-17-10)7-1-3-9(4-2-7)12(15)16/h1-6H,(H,13,14). The Morgan fingerprint density at radius 3 is 2.35 bits per heavy atom. The number of thiophene rings is 1. The normalized spacial score (nSPS) is 10.1. The fourth-order valence-corrected chi connectivity index (χ4v) is 2.13. The Labute approximate surface area is 100 Å². The highest BCUT2D eigenvalue weighted by molar-refractivity contribution is 7.12. The Kier molecular flexibility index (Phi) is 2.88. The van der Waals surface area contributed by atoms with Crippen LogP contribution in [0, 0.1) is 10.1 Å². The lowest BCUT2D eigenvalue weighted by Crippen LogP contribution is -1.90. The first-order chi connectivity index (χ1) is 8.08. The largest absolute Gasteiger partial charge is 0.477 e. The molecule has 0 bridgehead atoms. The number of hydrogen-bond donors (Lipinski definition) is 1. The summed E-state index contributed by atoms with van der Waals surface area (Å²) in [6, 6.07) is 7.55. The topological polar surface area (TPSA) is 80.4 Å². The summed E-state index contributed by atoms with van der Waals surface area (Å²) in [6.45, 7) is 0. The van der Waals surface area contributed by atoms with E-state index in [9.17, 15) is 14.9 Å². The number of nitro benzene ring substituents is 1. The number of non-ortho nitro benzene ring substituents is 1. The number of carbonyl (C=O) groups is 1. The summed E-state index contributed by atoms with van der Waals surface area (Å²) in [7, 11) is 0. The van der Waals surface area contributed by atoms with Crippen molar-refractivity contribution in [1.29, 1.82) is 0 Å². The molecule has 0 amide bonds. The van der Waals surface area contributed by atoms with Gasteiger partial charge in [-0.3, -0.25) is 10.1 Å². The molecule has 0 atom stereocenters. The molecule has 0 radical (unpaired) electrons. The zero-order chi connectivity index (χ0) is 12.4. The summed E-state index contributed by atoms with van der Waals surface area (Å²) < 4.78 is 0. The Hall–Kier alpha value is -2.21. The molecule has 2 rings (SSSR count). The molecule has 1 aromatic heterocycles. The quantitative estimate of drug-likeness (QED) is 0.669. The van der Waals surface area contributed by atoms with Crippen LogP contribution in [0.25, 0.3) is 11.1 Å². The number of hydrogen-bond acceptors (Lipinski definition) is 4. The number of nitrogens with zero attached hydrogens (tertiary/aromatic N) is 1. The van der Waals surface area contributed by atoms with Crippen molar-refractivity contribution in [2.45, 2.75) is 0 Å². The monoisotopic (exact) mass is 249 g/mol. The van der Waals surface area contributed by atoms with Crippen molar-refractivity contribution in [3.8, 4) is 11.1 Å². The summed E-state index contributed by atoms with van der Waals surface area (Å²) in [5, 5.41) is 21.0. The van der Waals surface area contributed by atoms with Gasteiger partial charge in [0, 0.05) is 12.1 Å². The van der Waals surface area contributed by atoms with Gasteiger partial charge >= 0.3 is 5.97 Å². The van der Waals surface area contributed by atoms with Crippen molar-refractivity contribution >= 4 is 23.0 Å². The van der Waals surface area contributed by atoms with Gasteiger partial charge in [-0.1, -0.05) is 0 Å². The highest BCUT2D eigenvalue weighted by Crippen LogP contribution is 2.27. The number of rotatable bonds is 3. The zero-order valence-corrected chi connectivity index (χ0v) is 9.31. The van der Waals surface area contributed by atoms with Crippen molar-refractivity contribution in [1.82, 2.24) is 0 Å². The molecular weight excluding hydrogens is 242 g/mol. The smallest absolute Gasteiger partial charge is 0.345 e. The maximum absolute atomic E-state index is 10.7. The van der Waals surface area contributed by atoms with Gasteiger partial charge in [0.05, 0.1) is 4.92 Å². The number of carboxylic acid groups (broad SMARTS) is 1. The van der Waals surface area contributed by atoms with Gasteiger partial charge in [0.25, 0.3) is 5.69 Å². The highest BCUT2D eigenvalue weighted by Gasteiger charge is 2.09. The molecule has 1 heterocycles. The number of benzene rings is 1. The molecule has 0 saturated heterocycles. The molecule has 1 N–H and O–H groups in total. The van der Waals surface area contributed by atoms with Gasteiger partial charge in [-0.15, -0.1) is 11.3 Å². The van der Waals surface area contributed by atoms with E-state index in [0.717, 1.165) is 22.5 Å².